The predicted octanol–water partition coefficient (Wildman–Crippen LogP) is 3.15. The maximum Gasteiger partial charge on any atom is 0.407 e. The van der Waals surface area contributed by atoms with E-state index in [9.17, 15) is 14.7 Å². The van der Waals surface area contributed by atoms with Crippen LogP contribution in [-0.2, 0) is 22.6 Å². The van der Waals surface area contributed by atoms with E-state index in [1.165, 1.54) is 0 Å². The van der Waals surface area contributed by atoms with Crippen LogP contribution in [0.5, 0.6) is 5.75 Å². The Kier molecular flexibility index (Phi) is 6.89. The molecule has 2 aromatic carbocycles. The molecule has 1 aliphatic rings. The molecule has 0 saturated heterocycles. The van der Waals surface area contributed by atoms with E-state index in [-0.39, 0.29) is 30.2 Å². The molecule has 2 aromatic rings. The number of hydrogen-bond donors (Lipinski definition) is 3. The van der Waals surface area contributed by atoms with Gasteiger partial charge in [-0.3, -0.25) is 4.79 Å². The summed E-state index contributed by atoms with van der Waals surface area (Å²) in [6.45, 7) is 0.758. The van der Waals surface area contributed by atoms with Gasteiger partial charge < -0.3 is 20.5 Å². The minimum Gasteiger partial charge on any atom is -0.508 e. The zero-order chi connectivity index (χ0) is 19.8. The predicted molar refractivity (Wildman–Crippen MR) is 106 cm³/mol. The number of aromatic hydroxyl groups is 1. The number of amides is 2. The molecule has 3 rings (SSSR count). The fourth-order valence-electron chi connectivity index (χ4n) is 3.47. The van der Waals surface area contributed by atoms with Crippen molar-refractivity contribution in [1.82, 2.24) is 10.6 Å². The van der Waals surface area contributed by atoms with Crippen molar-refractivity contribution in [3.8, 4) is 5.75 Å². The van der Waals surface area contributed by atoms with Crippen LogP contribution in [0.15, 0.2) is 54.6 Å². The molecule has 6 heteroatoms. The number of hydrogen-bond acceptors (Lipinski definition) is 4. The summed E-state index contributed by atoms with van der Waals surface area (Å²) in [7, 11) is 0. The Morgan fingerprint density at radius 1 is 1.04 bits per heavy atom. The maximum absolute atomic E-state index is 12.3. The summed E-state index contributed by atoms with van der Waals surface area (Å²) in [4.78, 5) is 24.3. The SMILES string of the molecule is O=C(N[C@@H]1CC[C@@H](C(=O)NCCc2cccc(O)c2)C1)OCc1ccccc1. The monoisotopic (exact) mass is 382 g/mol. The Morgan fingerprint density at radius 3 is 2.61 bits per heavy atom. The van der Waals surface area contributed by atoms with Gasteiger partial charge in [-0.25, -0.2) is 4.79 Å². The van der Waals surface area contributed by atoms with Gasteiger partial charge in [-0.2, -0.15) is 0 Å². The van der Waals surface area contributed by atoms with Crippen LogP contribution >= 0.6 is 0 Å². The van der Waals surface area contributed by atoms with Crippen LogP contribution in [0, 0.1) is 5.92 Å². The third-order valence-corrected chi connectivity index (χ3v) is 4.96. The lowest BCUT2D eigenvalue weighted by atomic mass is 10.1. The standard InChI is InChI=1S/C22H26N2O4/c25-20-8-4-7-16(13-20)11-12-23-21(26)18-9-10-19(14-18)24-22(27)28-15-17-5-2-1-3-6-17/h1-8,13,18-19,25H,9-12,14-15H2,(H,23,26)(H,24,27)/t18-,19-/m1/s1. The van der Waals surface area contributed by atoms with Gasteiger partial charge >= 0.3 is 6.09 Å². The summed E-state index contributed by atoms with van der Waals surface area (Å²) >= 11 is 0. The van der Waals surface area contributed by atoms with Crippen molar-refractivity contribution in [3.63, 3.8) is 0 Å². The Hall–Kier alpha value is -3.02. The molecule has 0 spiro atoms. The molecule has 1 aliphatic carbocycles. The van der Waals surface area contributed by atoms with E-state index < -0.39 is 6.09 Å². The number of phenolic OH excluding ortho intramolecular Hbond substituents is 1. The molecular weight excluding hydrogens is 356 g/mol. The highest BCUT2D eigenvalue weighted by Crippen LogP contribution is 2.26. The lowest BCUT2D eigenvalue weighted by Crippen LogP contribution is -2.35. The van der Waals surface area contributed by atoms with E-state index in [1.54, 1.807) is 18.2 Å². The zero-order valence-electron chi connectivity index (χ0n) is 15.8. The Labute approximate surface area is 164 Å². The fourth-order valence-corrected chi connectivity index (χ4v) is 3.47. The first kappa shape index (κ1) is 19.7. The van der Waals surface area contributed by atoms with Crippen molar-refractivity contribution in [1.29, 1.82) is 0 Å². The Morgan fingerprint density at radius 2 is 1.82 bits per heavy atom. The van der Waals surface area contributed by atoms with Crippen LogP contribution in [0.25, 0.3) is 0 Å². The molecule has 0 aromatic heterocycles. The van der Waals surface area contributed by atoms with Crippen molar-refractivity contribution < 1.29 is 19.4 Å². The van der Waals surface area contributed by atoms with Gasteiger partial charge in [0.15, 0.2) is 0 Å². The lowest BCUT2D eigenvalue weighted by Gasteiger charge is -2.14. The van der Waals surface area contributed by atoms with E-state index >= 15 is 0 Å². The molecule has 148 valence electrons. The molecular formula is C22H26N2O4. The second-order valence-electron chi connectivity index (χ2n) is 7.12. The topological polar surface area (TPSA) is 87.7 Å². The Balaban J connectivity index is 1.34. The number of alkyl carbamates (subject to hydrolysis) is 1. The van der Waals surface area contributed by atoms with Crippen LogP contribution in [-0.4, -0.2) is 29.7 Å². The number of ether oxygens (including phenoxy) is 1. The average molecular weight is 382 g/mol. The highest BCUT2D eigenvalue weighted by atomic mass is 16.5. The minimum absolute atomic E-state index is 0.0158. The van der Waals surface area contributed by atoms with Gasteiger partial charge in [0.1, 0.15) is 12.4 Å². The second kappa shape index (κ2) is 9.78. The number of benzene rings is 2. The molecule has 1 fully saturated rings. The first-order chi connectivity index (χ1) is 13.6. The fraction of sp³-hybridized carbons (Fsp3) is 0.364. The highest BCUT2D eigenvalue weighted by molar-refractivity contribution is 5.79. The zero-order valence-corrected chi connectivity index (χ0v) is 15.8. The van der Waals surface area contributed by atoms with Crippen LogP contribution in [0.2, 0.25) is 0 Å². The molecule has 0 aliphatic heterocycles. The normalized spacial score (nSPS) is 18.4. The van der Waals surface area contributed by atoms with Crippen molar-refractivity contribution in [2.45, 2.75) is 38.3 Å². The number of phenols is 1. The molecule has 2 amide bonds. The first-order valence-electron chi connectivity index (χ1n) is 9.63. The van der Waals surface area contributed by atoms with Gasteiger partial charge in [0.25, 0.3) is 0 Å². The van der Waals surface area contributed by atoms with E-state index in [4.69, 9.17) is 4.74 Å². The van der Waals surface area contributed by atoms with Crippen LogP contribution < -0.4 is 10.6 Å². The number of carbonyl (C=O) groups is 2. The van der Waals surface area contributed by atoms with Gasteiger partial charge in [-0.05, 0) is 48.9 Å². The number of nitrogens with one attached hydrogen (secondary N) is 2. The van der Waals surface area contributed by atoms with Gasteiger partial charge in [-0.1, -0.05) is 42.5 Å². The molecule has 28 heavy (non-hydrogen) atoms. The summed E-state index contributed by atoms with van der Waals surface area (Å²) in [5, 5.41) is 15.3. The van der Waals surface area contributed by atoms with E-state index in [1.807, 2.05) is 36.4 Å². The smallest absolute Gasteiger partial charge is 0.407 e. The summed E-state index contributed by atoms with van der Waals surface area (Å²) in [6, 6.07) is 16.5. The Bertz CT molecular complexity index is 794. The van der Waals surface area contributed by atoms with Crippen LogP contribution in [0.3, 0.4) is 0 Å². The molecule has 1 saturated carbocycles. The largest absolute Gasteiger partial charge is 0.508 e. The van der Waals surface area contributed by atoms with Crippen molar-refractivity contribution >= 4 is 12.0 Å². The molecule has 6 nitrogen and oxygen atoms in total. The number of carbonyl (C=O) groups excluding carboxylic acids is 2. The second-order valence-corrected chi connectivity index (χ2v) is 7.12. The van der Waals surface area contributed by atoms with Gasteiger partial charge in [0.2, 0.25) is 5.91 Å². The molecule has 3 N–H and O–H groups in total. The average Bonchev–Trinajstić information content (AvgIpc) is 3.16. The van der Waals surface area contributed by atoms with Gasteiger partial charge in [0, 0.05) is 18.5 Å². The van der Waals surface area contributed by atoms with Crippen molar-refractivity contribution in [2.24, 2.45) is 5.92 Å². The van der Waals surface area contributed by atoms with Crippen LogP contribution in [0.4, 0.5) is 4.79 Å². The quantitative estimate of drug-likeness (QED) is 0.686. The third-order valence-electron chi connectivity index (χ3n) is 4.96. The van der Waals surface area contributed by atoms with Gasteiger partial charge in [-0.15, -0.1) is 0 Å². The first-order valence-corrected chi connectivity index (χ1v) is 9.63. The van der Waals surface area contributed by atoms with E-state index in [2.05, 4.69) is 10.6 Å². The molecule has 0 bridgehead atoms. The number of rotatable bonds is 7. The van der Waals surface area contributed by atoms with E-state index in [0.29, 0.717) is 19.4 Å². The molecule has 0 radical (unpaired) electrons. The summed E-state index contributed by atoms with van der Waals surface area (Å²) in [5.74, 6) is 0.151. The summed E-state index contributed by atoms with van der Waals surface area (Å²) in [5.41, 5.74) is 1.92. The lowest BCUT2D eigenvalue weighted by molar-refractivity contribution is -0.124. The minimum atomic E-state index is -0.446. The van der Waals surface area contributed by atoms with Crippen molar-refractivity contribution in [2.75, 3.05) is 6.54 Å². The van der Waals surface area contributed by atoms with Gasteiger partial charge in [0.05, 0.1) is 0 Å². The van der Waals surface area contributed by atoms with E-state index in [0.717, 1.165) is 24.0 Å². The summed E-state index contributed by atoms with van der Waals surface area (Å²) in [6.07, 6.45) is 2.37. The third kappa shape index (κ3) is 6.01. The molecule has 2 atom stereocenters. The van der Waals surface area contributed by atoms with Crippen LogP contribution in [0.1, 0.15) is 30.4 Å². The van der Waals surface area contributed by atoms with Crippen molar-refractivity contribution in [3.05, 3.63) is 65.7 Å². The molecule has 0 heterocycles. The highest BCUT2D eigenvalue weighted by Gasteiger charge is 2.30. The maximum atomic E-state index is 12.3. The summed E-state index contributed by atoms with van der Waals surface area (Å²) < 4.78 is 5.24. The molecule has 0 unspecified atom stereocenters.